The molecule has 1 atom stereocenters. The summed E-state index contributed by atoms with van der Waals surface area (Å²) in [7, 11) is 0. The first-order chi connectivity index (χ1) is 5.82. The van der Waals surface area contributed by atoms with Crippen molar-refractivity contribution in [2.45, 2.75) is 6.18 Å². The van der Waals surface area contributed by atoms with Gasteiger partial charge in [-0.05, 0) is 0 Å². The molecule has 72 valence electrons. The van der Waals surface area contributed by atoms with E-state index < -0.39 is 29.9 Å². The molecule has 0 fully saturated rings. The van der Waals surface area contributed by atoms with E-state index in [1.165, 1.54) is 5.32 Å². The standard InChI is InChI=1S/C5H4F3N3O2/c6-5(7,8)1-2(9)10-4(13)11-3(1)12/h1H,(H3,9,10,11,12,13). The van der Waals surface area contributed by atoms with E-state index in [2.05, 4.69) is 4.99 Å². The van der Waals surface area contributed by atoms with Crippen LogP contribution in [0.25, 0.3) is 0 Å². The third-order valence-corrected chi connectivity index (χ3v) is 1.35. The SMILES string of the molecule is NC1=NC(=O)NC(=O)C1C(F)(F)F. The minimum absolute atomic E-state index is 1.03. The average Bonchev–Trinajstić information content (AvgIpc) is 1.78. The predicted molar refractivity (Wildman–Crippen MR) is 34.7 cm³/mol. The number of alkyl halides is 3. The predicted octanol–water partition coefficient (Wildman–Crippen LogP) is -0.228. The first-order valence-corrected chi connectivity index (χ1v) is 3.08. The summed E-state index contributed by atoms with van der Waals surface area (Å²) in [4.78, 5) is 23.8. The van der Waals surface area contributed by atoms with Crippen molar-refractivity contribution in [1.29, 1.82) is 0 Å². The Bertz CT molecular complexity index is 296. The second-order valence-corrected chi connectivity index (χ2v) is 2.31. The zero-order valence-corrected chi connectivity index (χ0v) is 6.05. The summed E-state index contributed by atoms with van der Waals surface area (Å²) in [6, 6.07) is -1.18. The molecule has 0 aromatic rings. The molecule has 5 nitrogen and oxygen atoms in total. The van der Waals surface area contributed by atoms with Crippen LogP contribution in [0.4, 0.5) is 18.0 Å². The number of nitrogens with zero attached hydrogens (tertiary/aromatic N) is 1. The van der Waals surface area contributed by atoms with Gasteiger partial charge in [-0.25, -0.2) is 4.79 Å². The van der Waals surface area contributed by atoms with Crippen LogP contribution < -0.4 is 11.1 Å². The third-order valence-electron chi connectivity index (χ3n) is 1.35. The number of hydrogen-bond donors (Lipinski definition) is 2. The lowest BCUT2D eigenvalue weighted by Crippen LogP contribution is -2.52. The summed E-state index contributed by atoms with van der Waals surface area (Å²) in [5, 5.41) is 1.40. The molecule has 0 spiro atoms. The van der Waals surface area contributed by atoms with Gasteiger partial charge >= 0.3 is 12.2 Å². The second-order valence-electron chi connectivity index (χ2n) is 2.31. The molecule has 3 amide bonds. The molecule has 0 radical (unpaired) electrons. The average molecular weight is 195 g/mol. The Morgan fingerprint density at radius 2 is 1.92 bits per heavy atom. The Morgan fingerprint density at radius 1 is 1.38 bits per heavy atom. The Morgan fingerprint density at radius 3 is 2.31 bits per heavy atom. The molecule has 1 heterocycles. The Labute approximate surface area is 69.8 Å². The highest BCUT2D eigenvalue weighted by Crippen LogP contribution is 2.27. The molecule has 1 aliphatic rings. The molecular weight excluding hydrogens is 191 g/mol. The van der Waals surface area contributed by atoms with Crippen LogP contribution in [0.3, 0.4) is 0 Å². The minimum Gasteiger partial charge on any atom is -0.386 e. The maximum atomic E-state index is 12.0. The van der Waals surface area contributed by atoms with Gasteiger partial charge in [-0.2, -0.15) is 18.2 Å². The lowest BCUT2D eigenvalue weighted by Gasteiger charge is -2.20. The van der Waals surface area contributed by atoms with Gasteiger partial charge in [-0.3, -0.25) is 10.1 Å². The number of amidine groups is 1. The number of halogens is 3. The Kier molecular flexibility index (Phi) is 1.98. The summed E-state index contributed by atoms with van der Waals surface area (Å²) >= 11 is 0. The van der Waals surface area contributed by atoms with E-state index in [1.54, 1.807) is 0 Å². The number of imide groups is 1. The molecule has 8 heteroatoms. The van der Waals surface area contributed by atoms with Crippen LogP contribution in [0.2, 0.25) is 0 Å². The first-order valence-electron chi connectivity index (χ1n) is 3.08. The van der Waals surface area contributed by atoms with E-state index in [9.17, 15) is 22.8 Å². The van der Waals surface area contributed by atoms with Crippen molar-refractivity contribution < 1.29 is 22.8 Å². The fourth-order valence-electron chi connectivity index (χ4n) is 0.838. The van der Waals surface area contributed by atoms with E-state index in [0.29, 0.717) is 0 Å². The van der Waals surface area contributed by atoms with Crippen molar-refractivity contribution in [2.24, 2.45) is 16.6 Å². The fourth-order valence-corrected chi connectivity index (χ4v) is 0.838. The molecule has 0 aromatic carbocycles. The van der Waals surface area contributed by atoms with Crippen LogP contribution in [0.1, 0.15) is 0 Å². The number of hydrogen-bond acceptors (Lipinski definition) is 3. The zero-order chi connectivity index (χ0) is 10.2. The monoisotopic (exact) mass is 195 g/mol. The largest absolute Gasteiger partial charge is 0.407 e. The number of rotatable bonds is 0. The third kappa shape index (κ3) is 1.76. The van der Waals surface area contributed by atoms with Crippen molar-refractivity contribution in [3.05, 3.63) is 0 Å². The molecule has 0 saturated carbocycles. The van der Waals surface area contributed by atoms with Crippen molar-refractivity contribution in [1.82, 2.24) is 5.32 Å². The lowest BCUT2D eigenvalue weighted by atomic mass is 10.1. The molecule has 13 heavy (non-hydrogen) atoms. The van der Waals surface area contributed by atoms with E-state index in [-0.39, 0.29) is 0 Å². The van der Waals surface area contributed by atoms with Gasteiger partial charge in [-0.15, -0.1) is 0 Å². The van der Waals surface area contributed by atoms with Gasteiger partial charge in [0.15, 0.2) is 5.92 Å². The van der Waals surface area contributed by atoms with Crippen molar-refractivity contribution in [3.63, 3.8) is 0 Å². The number of nitrogens with one attached hydrogen (secondary N) is 1. The lowest BCUT2D eigenvalue weighted by molar-refractivity contribution is -0.168. The Hall–Kier alpha value is -1.60. The van der Waals surface area contributed by atoms with E-state index >= 15 is 0 Å². The van der Waals surface area contributed by atoms with Crippen LogP contribution in [0.15, 0.2) is 4.99 Å². The summed E-state index contributed by atoms with van der Waals surface area (Å²) in [5.74, 6) is -5.04. The minimum atomic E-state index is -4.82. The molecule has 0 aliphatic carbocycles. The van der Waals surface area contributed by atoms with Crippen LogP contribution in [-0.4, -0.2) is 24.0 Å². The molecular formula is C5H4F3N3O2. The van der Waals surface area contributed by atoms with E-state index in [1.807, 2.05) is 0 Å². The van der Waals surface area contributed by atoms with Gasteiger partial charge in [0, 0.05) is 0 Å². The smallest absolute Gasteiger partial charge is 0.386 e. The molecule has 3 N–H and O–H groups in total. The highest BCUT2D eigenvalue weighted by molar-refractivity contribution is 6.15. The molecule has 1 rings (SSSR count). The van der Waals surface area contributed by atoms with Gasteiger partial charge < -0.3 is 5.73 Å². The number of nitrogens with two attached hydrogens (primary N) is 1. The molecule has 0 bridgehead atoms. The Balaban J connectivity index is 3.04. The molecule has 0 saturated heterocycles. The highest BCUT2D eigenvalue weighted by Gasteiger charge is 2.50. The van der Waals surface area contributed by atoms with Crippen molar-refractivity contribution in [3.8, 4) is 0 Å². The molecule has 1 unspecified atom stereocenters. The number of urea groups is 1. The normalized spacial score (nSPS) is 23.9. The van der Waals surface area contributed by atoms with E-state index in [4.69, 9.17) is 5.73 Å². The van der Waals surface area contributed by atoms with E-state index in [0.717, 1.165) is 0 Å². The summed E-state index contributed by atoms with van der Waals surface area (Å²) in [5.41, 5.74) is 4.79. The maximum Gasteiger partial charge on any atom is 0.407 e. The summed E-state index contributed by atoms with van der Waals surface area (Å²) < 4.78 is 36.1. The maximum absolute atomic E-state index is 12.0. The number of carbonyl (C=O) groups is 2. The topological polar surface area (TPSA) is 84.5 Å². The first kappa shape index (κ1) is 9.49. The number of carbonyl (C=O) groups excluding carboxylic acids is 2. The summed E-state index contributed by atoms with van der Waals surface area (Å²) in [6.07, 6.45) is -4.82. The van der Waals surface area contributed by atoms with Gasteiger partial charge in [-0.1, -0.05) is 0 Å². The quantitative estimate of drug-likeness (QED) is 0.560. The van der Waals surface area contributed by atoms with Gasteiger partial charge in [0.2, 0.25) is 5.91 Å². The van der Waals surface area contributed by atoms with Crippen LogP contribution in [0, 0.1) is 5.92 Å². The summed E-state index contributed by atoms with van der Waals surface area (Å²) in [6.45, 7) is 0. The van der Waals surface area contributed by atoms with Gasteiger partial charge in [0.05, 0.1) is 0 Å². The van der Waals surface area contributed by atoms with Crippen LogP contribution in [0.5, 0.6) is 0 Å². The number of aliphatic imine (C=N–C) groups is 1. The number of amides is 3. The van der Waals surface area contributed by atoms with Crippen LogP contribution in [-0.2, 0) is 4.79 Å². The molecule has 1 aliphatic heterocycles. The molecule has 0 aromatic heterocycles. The van der Waals surface area contributed by atoms with Crippen LogP contribution >= 0.6 is 0 Å². The van der Waals surface area contributed by atoms with Crippen molar-refractivity contribution in [2.75, 3.05) is 0 Å². The van der Waals surface area contributed by atoms with Crippen molar-refractivity contribution >= 4 is 17.8 Å². The second kappa shape index (κ2) is 2.71. The highest BCUT2D eigenvalue weighted by atomic mass is 19.4. The van der Waals surface area contributed by atoms with Gasteiger partial charge in [0.25, 0.3) is 0 Å². The fraction of sp³-hybridized carbons (Fsp3) is 0.400. The zero-order valence-electron chi connectivity index (χ0n) is 6.05. The van der Waals surface area contributed by atoms with Gasteiger partial charge in [0.1, 0.15) is 5.84 Å².